The van der Waals surface area contributed by atoms with Crippen LogP contribution < -0.4 is 5.32 Å². The topological polar surface area (TPSA) is 66.4 Å². The molecule has 1 saturated carbocycles. The number of benzene rings is 1. The highest BCUT2D eigenvalue weighted by molar-refractivity contribution is 9.10. The fourth-order valence-corrected chi connectivity index (χ4v) is 2.07. The molecule has 96 valence electrons. The molecular weight excluding hydrogens is 298 g/mol. The lowest BCUT2D eigenvalue weighted by Gasteiger charge is -2.13. The Labute approximate surface area is 114 Å². The van der Waals surface area contributed by atoms with Gasteiger partial charge in [-0.1, -0.05) is 15.9 Å². The Kier molecular flexibility index (Phi) is 3.71. The Morgan fingerprint density at radius 1 is 1.44 bits per heavy atom. The zero-order chi connectivity index (χ0) is 13.3. The Hall–Kier alpha value is -1.36. The van der Waals surface area contributed by atoms with E-state index in [4.69, 9.17) is 5.11 Å². The second-order valence-corrected chi connectivity index (χ2v) is 5.45. The minimum Gasteiger partial charge on any atom is -0.480 e. The van der Waals surface area contributed by atoms with Crippen LogP contribution in [0.2, 0.25) is 0 Å². The Morgan fingerprint density at radius 3 is 2.61 bits per heavy atom. The van der Waals surface area contributed by atoms with Crippen molar-refractivity contribution in [2.75, 3.05) is 0 Å². The SMILES string of the molecule is Cc1cc(C(=O)NC(C(=O)O)C2CC2)ccc1Br. The molecule has 1 unspecified atom stereocenters. The van der Waals surface area contributed by atoms with E-state index in [2.05, 4.69) is 21.2 Å². The first-order chi connectivity index (χ1) is 8.49. The summed E-state index contributed by atoms with van der Waals surface area (Å²) in [5.41, 5.74) is 1.43. The third-order valence-electron chi connectivity index (χ3n) is 3.07. The van der Waals surface area contributed by atoms with E-state index in [1.807, 2.05) is 6.92 Å². The summed E-state index contributed by atoms with van der Waals surface area (Å²) in [5, 5.41) is 11.6. The van der Waals surface area contributed by atoms with Gasteiger partial charge in [-0.25, -0.2) is 4.79 Å². The molecule has 4 nitrogen and oxygen atoms in total. The lowest BCUT2D eigenvalue weighted by atomic mass is 10.1. The van der Waals surface area contributed by atoms with E-state index in [1.165, 1.54) is 0 Å². The zero-order valence-corrected chi connectivity index (χ0v) is 11.5. The van der Waals surface area contributed by atoms with E-state index in [0.717, 1.165) is 22.9 Å². The Balaban J connectivity index is 2.10. The lowest BCUT2D eigenvalue weighted by molar-refractivity contribution is -0.139. The number of nitrogens with one attached hydrogen (secondary N) is 1. The summed E-state index contributed by atoms with van der Waals surface area (Å²) in [4.78, 5) is 23.0. The third kappa shape index (κ3) is 2.90. The lowest BCUT2D eigenvalue weighted by Crippen LogP contribution is -2.42. The van der Waals surface area contributed by atoms with Gasteiger partial charge in [0.05, 0.1) is 0 Å². The molecule has 1 aliphatic carbocycles. The normalized spacial score (nSPS) is 16.1. The maximum atomic E-state index is 12.0. The van der Waals surface area contributed by atoms with E-state index in [0.29, 0.717) is 5.56 Å². The summed E-state index contributed by atoms with van der Waals surface area (Å²) >= 11 is 3.36. The maximum absolute atomic E-state index is 12.0. The molecule has 1 atom stereocenters. The monoisotopic (exact) mass is 311 g/mol. The molecule has 0 saturated heterocycles. The minimum absolute atomic E-state index is 0.0861. The van der Waals surface area contributed by atoms with Crippen molar-refractivity contribution in [3.8, 4) is 0 Å². The van der Waals surface area contributed by atoms with Gasteiger partial charge in [-0.05, 0) is 49.4 Å². The smallest absolute Gasteiger partial charge is 0.326 e. The van der Waals surface area contributed by atoms with Crippen LogP contribution in [0.4, 0.5) is 0 Å². The standard InChI is InChI=1S/C13H14BrNO3/c1-7-6-9(4-5-10(7)14)12(16)15-11(13(17)18)8-2-3-8/h4-6,8,11H,2-3H2,1H3,(H,15,16)(H,17,18). The van der Waals surface area contributed by atoms with Crippen LogP contribution in [0.3, 0.4) is 0 Å². The van der Waals surface area contributed by atoms with Crippen LogP contribution in [0, 0.1) is 12.8 Å². The number of aryl methyl sites for hydroxylation is 1. The third-order valence-corrected chi connectivity index (χ3v) is 3.96. The fourth-order valence-electron chi connectivity index (χ4n) is 1.82. The molecule has 2 N–H and O–H groups in total. The predicted octanol–water partition coefficient (Wildman–Crippen LogP) is 2.35. The van der Waals surface area contributed by atoms with Crippen molar-refractivity contribution in [1.82, 2.24) is 5.32 Å². The quantitative estimate of drug-likeness (QED) is 0.897. The van der Waals surface area contributed by atoms with Crippen LogP contribution in [0.15, 0.2) is 22.7 Å². The molecule has 1 aliphatic rings. The summed E-state index contributed by atoms with van der Waals surface area (Å²) in [5.74, 6) is -1.20. The number of amides is 1. The molecule has 1 aromatic rings. The molecule has 1 fully saturated rings. The van der Waals surface area contributed by atoms with E-state index < -0.39 is 12.0 Å². The second-order valence-electron chi connectivity index (χ2n) is 4.59. The maximum Gasteiger partial charge on any atom is 0.326 e. The fraction of sp³-hybridized carbons (Fsp3) is 0.385. The number of hydrogen-bond donors (Lipinski definition) is 2. The summed E-state index contributed by atoms with van der Waals surface area (Å²) in [7, 11) is 0. The molecule has 0 heterocycles. The minimum atomic E-state index is -0.959. The van der Waals surface area contributed by atoms with Crippen LogP contribution in [0.5, 0.6) is 0 Å². The predicted molar refractivity (Wildman–Crippen MR) is 70.5 cm³/mol. The van der Waals surface area contributed by atoms with Crippen LogP contribution in [-0.4, -0.2) is 23.0 Å². The van der Waals surface area contributed by atoms with Gasteiger partial charge >= 0.3 is 5.97 Å². The van der Waals surface area contributed by atoms with Crippen molar-refractivity contribution in [1.29, 1.82) is 0 Å². The number of carbonyl (C=O) groups excluding carboxylic acids is 1. The number of hydrogen-bond acceptors (Lipinski definition) is 2. The average Bonchev–Trinajstić information content (AvgIpc) is 3.13. The number of carboxylic acids is 1. The van der Waals surface area contributed by atoms with E-state index in [9.17, 15) is 9.59 Å². The molecule has 0 bridgehead atoms. The summed E-state index contributed by atoms with van der Waals surface area (Å²) in [6.45, 7) is 1.89. The van der Waals surface area contributed by atoms with Crippen LogP contribution in [-0.2, 0) is 4.79 Å². The van der Waals surface area contributed by atoms with E-state index in [-0.39, 0.29) is 11.8 Å². The molecule has 0 radical (unpaired) electrons. The summed E-state index contributed by atoms with van der Waals surface area (Å²) in [6.07, 6.45) is 1.74. The van der Waals surface area contributed by atoms with Crippen molar-refractivity contribution in [3.63, 3.8) is 0 Å². The highest BCUT2D eigenvalue weighted by atomic mass is 79.9. The summed E-state index contributed by atoms with van der Waals surface area (Å²) < 4.78 is 0.927. The molecule has 1 aromatic carbocycles. The van der Waals surface area contributed by atoms with Crippen molar-refractivity contribution in [2.24, 2.45) is 5.92 Å². The molecule has 0 spiro atoms. The first kappa shape index (κ1) is 13.1. The number of halogens is 1. The second kappa shape index (κ2) is 5.10. The number of aliphatic carboxylic acids is 1. The Morgan fingerprint density at radius 2 is 2.11 bits per heavy atom. The summed E-state index contributed by atoms with van der Waals surface area (Å²) in [6, 6.07) is 4.45. The van der Waals surface area contributed by atoms with Gasteiger partial charge in [-0.2, -0.15) is 0 Å². The highest BCUT2D eigenvalue weighted by Crippen LogP contribution is 2.32. The van der Waals surface area contributed by atoms with Crippen molar-refractivity contribution in [3.05, 3.63) is 33.8 Å². The molecule has 1 amide bonds. The molecule has 2 rings (SSSR count). The van der Waals surface area contributed by atoms with Crippen LogP contribution in [0.25, 0.3) is 0 Å². The average molecular weight is 312 g/mol. The van der Waals surface area contributed by atoms with Gasteiger partial charge in [0.1, 0.15) is 6.04 Å². The molecule has 0 aliphatic heterocycles. The first-order valence-corrected chi connectivity index (χ1v) is 6.58. The number of carboxylic acid groups (broad SMARTS) is 1. The van der Waals surface area contributed by atoms with Crippen molar-refractivity contribution < 1.29 is 14.7 Å². The van der Waals surface area contributed by atoms with Crippen molar-refractivity contribution >= 4 is 27.8 Å². The van der Waals surface area contributed by atoms with Crippen molar-refractivity contribution in [2.45, 2.75) is 25.8 Å². The molecular formula is C13H14BrNO3. The Bertz CT molecular complexity index is 497. The highest BCUT2D eigenvalue weighted by Gasteiger charge is 2.37. The number of carbonyl (C=O) groups is 2. The number of rotatable bonds is 4. The van der Waals surface area contributed by atoms with Gasteiger partial charge in [0.15, 0.2) is 0 Å². The van der Waals surface area contributed by atoms with Gasteiger partial charge < -0.3 is 10.4 Å². The van der Waals surface area contributed by atoms with Gasteiger partial charge in [-0.3, -0.25) is 4.79 Å². The van der Waals surface area contributed by atoms with Crippen LogP contribution >= 0.6 is 15.9 Å². The first-order valence-electron chi connectivity index (χ1n) is 5.79. The zero-order valence-electron chi connectivity index (χ0n) is 9.94. The molecule has 0 aromatic heterocycles. The molecule has 18 heavy (non-hydrogen) atoms. The molecule has 5 heteroatoms. The van der Waals surface area contributed by atoms with Crippen LogP contribution in [0.1, 0.15) is 28.8 Å². The largest absolute Gasteiger partial charge is 0.480 e. The van der Waals surface area contributed by atoms with E-state index >= 15 is 0 Å². The van der Waals surface area contributed by atoms with Gasteiger partial charge in [0, 0.05) is 10.0 Å². The van der Waals surface area contributed by atoms with Gasteiger partial charge in [0.2, 0.25) is 0 Å². The van der Waals surface area contributed by atoms with Gasteiger partial charge in [0.25, 0.3) is 5.91 Å². The van der Waals surface area contributed by atoms with Gasteiger partial charge in [-0.15, -0.1) is 0 Å². The van der Waals surface area contributed by atoms with E-state index in [1.54, 1.807) is 18.2 Å².